The van der Waals surface area contributed by atoms with Crippen molar-refractivity contribution in [1.29, 1.82) is 0 Å². The van der Waals surface area contributed by atoms with Crippen LogP contribution in [0.4, 0.5) is 0 Å². The number of rotatable bonds is 6. The highest BCUT2D eigenvalue weighted by Crippen LogP contribution is 2.29. The zero-order chi connectivity index (χ0) is 21.1. The molecule has 1 aliphatic rings. The number of thiophene rings is 1. The molecule has 0 aliphatic carbocycles. The van der Waals surface area contributed by atoms with Crippen molar-refractivity contribution in [3.05, 3.63) is 63.8 Å². The molecule has 1 unspecified atom stereocenters. The van der Waals surface area contributed by atoms with E-state index in [4.69, 9.17) is 4.42 Å². The second kappa shape index (κ2) is 8.71. The fourth-order valence-corrected chi connectivity index (χ4v) is 6.60. The van der Waals surface area contributed by atoms with Crippen molar-refractivity contribution in [3.8, 4) is 0 Å². The summed E-state index contributed by atoms with van der Waals surface area (Å²) in [6, 6.07) is 11.1. The summed E-state index contributed by atoms with van der Waals surface area (Å²) < 4.78 is 33.3. The first kappa shape index (κ1) is 20.8. The van der Waals surface area contributed by atoms with Crippen LogP contribution in [0.5, 0.6) is 0 Å². The second-order valence-electron chi connectivity index (χ2n) is 7.21. The largest absolute Gasteiger partial charge is 0.451 e. The van der Waals surface area contributed by atoms with Crippen LogP contribution in [0.15, 0.2) is 61.3 Å². The van der Waals surface area contributed by atoms with E-state index in [-0.39, 0.29) is 23.8 Å². The van der Waals surface area contributed by atoms with Crippen LogP contribution in [0, 0.1) is 0 Å². The minimum absolute atomic E-state index is 0.0505. The topological polar surface area (TPSA) is 96.7 Å². The molecule has 0 bridgehead atoms. The van der Waals surface area contributed by atoms with Crippen molar-refractivity contribution in [2.24, 2.45) is 0 Å². The van der Waals surface area contributed by atoms with Crippen molar-refractivity contribution in [3.63, 3.8) is 0 Å². The lowest BCUT2D eigenvalue weighted by molar-refractivity contribution is 0.0922. The summed E-state index contributed by atoms with van der Waals surface area (Å²) >= 11 is 1.21. The van der Waals surface area contributed by atoms with E-state index in [1.165, 1.54) is 17.4 Å². The number of benzene rings is 1. The van der Waals surface area contributed by atoms with E-state index in [0.29, 0.717) is 28.1 Å². The molecule has 1 N–H and O–H groups in total. The van der Waals surface area contributed by atoms with Crippen LogP contribution in [0.2, 0.25) is 0 Å². The highest BCUT2D eigenvalue weighted by molar-refractivity contribution is 7.91. The van der Waals surface area contributed by atoms with Gasteiger partial charge in [0.15, 0.2) is 11.2 Å². The number of nitrogens with one attached hydrogen (secondary N) is 1. The minimum atomic E-state index is -3.52. The zero-order valence-corrected chi connectivity index (χ0v) is 17.9. The molecule has 0 saturated carbocycles. The van der Waals surface area contributed by atoms with Crippen molar-refractivity contribution in [1.82, 2.24) is 9.62 Å². The molecule has 158 valence electrons. The van der Waals surface area contributed by atoms with E-state index in [1.807, 2.05) is 0 Å². The van der Waals surface area contributed by atoms with Gasteiger partial charge < -0.3 is 9.73 Å². The number of amides is 1. The molecule has 1 fully saturated rings. The van der Waals surface area contributed by atoms with Gasteiger partial charge in [-0.25, -0.2) is 8.42 Å². The Morgan fingerprint density at radius 2 is 2.03 bits per heavy atom. The van der Waals surface area contributed by atoms with E-state index in [1.54, 1.807) is 46.1 Å². The molecule has 9 heteroatoms. The SMILES string of the molecule is O=C(NCCC1CCCCN1S(=O)(=O)c1cccs1)c1cc(=O)c2ccccc2o1. The normalized spacial score (nSPS) is 17.8. The number of carbonyl (C=O) groups is 1. The Bertz CT molecular complexity index is 1200. The Morgan fingerprint density at radius 3 is 2.83 bits per heavy atom. The molecule has 4 rings (SSSR count). The third-order valence-corrected chi connectivity index (χ3v) is 8.58. The third kappa shape index (κ3) is 4.19. The molecule has 3 aromatic rings. The molecule has 1 aromatic carbocycles. The summed E-state index contributed by atoms with van der Waals surface area (Å²) in [4.78, 5) is 24.7. The van der Waals surface area contributed by atoms with Gasteiger partial charge in [-0.2, -0.15) is 4.31 Å². The lowest BCUT2D eigenvalue weighted by Gasteiger charge is -2.34. The summed E-state index contributed by atoms with van der Waals surface area (Å²) in [5.41, 5.74) is 0.0816. The van der Waals surface area contributed by atoms with Gasteiger partial charge in [0, 0.05) is 25.2 Å². The molecule has 1 saturated heterocycles. The third-order valence-electron chi connectivity index (χ3n) is 5.25. The number of piperidine rings is 1. The van der Waals surface area contributed by atoms with Crippen LogP contribution in [0.3, 0.4) is 0 Å². The summed E-state index contributed by atoms with van der Waals surface area (Å²) in [6.45, 7) is 0.773. The quantitative estimate of drug-likeness (QED) is 0.627. The second-order valence-corrected chi connectivity index (χ2v) is 10.3. The Labute approximate surface area is 178 Å². The number of hydrogen-bond donors (Lipinski definition) is 1. The van der Waals surface area contributed by atoms with Gasteiger partial charge in [-0.15, -0.1) is 11.3 Å². The van der Waals surface area contributed by atoms with Gasteiger partial charge in [0.05, 0.1) is 5.39 Å². The maximum atomic E-state index is 12.9. The maximum absolute atomic E-state index is 12.9. The first-order valence-electron chi connectivity index (χ1n) is 9.83. The van der Waals surface area contributed by atoms with Crippen LogP contribution in [0.25, 0.3) is 11.0 Å². The highest BCUT2D eigenvalue weighted by Gasteiger charge is 2.33. The van der Waals surface area contributed by atoms with Crippen molar-refractivity contribution in [2.45, 2.75) is 35.9 Å². The summed E-state index contributed by atoms with van der Waals surface area (Å²) in [7, 11) is -3.52. The number of nitrogens with zero attached hydrogens (tertiary/aromatic N) is 1. The lowest BCUT2D eigenvalue weighted by Crippen LogP contribution is -2.45. The van der Waals surface area contributed by atoms with Gasteiger partial charge >= 0.3 is 0 Å². The fourth-order valence-electron chi connectivity index (χ4n) is 3.76. The molecule has 30 heavy (non-hydrogen) atoms. The Kier molecular flexibility index (Phi) is 6.03. The smallest absolute Gasteiger partial charge is 0.287 e. The molecule has 1 aliphatic heterocycles. The predicted molar refractivity (Wildman–Crippen MR) is 115 cm³/mol. The molecule has 0 spiro atoms. The number of sulfonamides is 1. The summed E-state index contributed by atoms with van der Waals surface area (Å²) in [5, 5.41) is 4.93. The van der Waals surface area contributed by atoms with E-state index < -0.39 is 15.9 Å². The van der Waals surface area contributed by atoms with E-state index in [2.05, 4.69) is 5.32 Å². The van der Waals surface area contributed by atoms with Crippen molar-refractivity contribution >= 4 is 38.2 Å². The molecule has 1 amide bonds. The van der Waals surface area contributed by atoms with E-state index >= 15 is 0 Å². The molecule has 3 heterocycles. The van der Waals surface area contributed by atoms with Crippen LogP contribution in [-0.2, 0) is 10.0 Å². The first-order valence-corrected chi connectivity index (χ1v) is 12.2. The molecule has 1 atom stereocenters. The standard InChI is InChI=1S/C21H22N2O5S2/c24-17-14-19(28-18-8-2-1-7-16(17)18)21(25)22-11-10-15-6-3-4-12-23(15)30(26,27)20-9-5-13-29-20/h1-2,5,7-9,13-15H,3-4,6,10-12H2,(H,22,25). The van der Waals surface area contributed by atoms with E-state index in [9.17, 15) is 18.0 Å². The summed E-state index contributed by atoms with van der Waals surface area (Å²) in [6.07, 6.45) is 3.03. The fraction of sp³-hybridized carbons (Fsp3) is 0.333. The number of para-hydroxylation sites is 1. The minimum Gasteiger partial charge on any atom is -0.451 e. The maximum Gasteiger partial charge on any atom is 0.287 e. The first-order chi connectivity index (χ1) is 14.5. The van der Waals surface area contributed by atoms with Crippen LogP contribution in [-0.4, -0.2) is 37.8 Å². The molecule has 0 radical (unpaired) electrons. The number of hydrogen-bond acceptors (Lipinski definition) is 6. The number of carbonyl (C=O) groups excluding carboxylic acids is 1. The average Bonchev–Trinajstić information content (AvgIpc) is 3.30. The monoisotopic (exact) mass is 446 g/mol. The van der Waals surface area contributed by atoms with Gasteiger partial charge in [0.1, 0.15) is 9.79 Å². The highest BCUT2D eigenvalue weighted by atomic mass is 32.2. The van der Waals surface area contributed by atoms with Gasteiger partial charge in [0.25, 0.3) is 15.9 Å². The number of fused-ring (bicyclic) bond motifs is 1. The van der Waals surface area contributed by atoms with Crippen molar-refractivity contribution in [2.75, 3.05) is 13.1 Å². The zero-order valence-electron chi connectivity index (χ0n) is 16.2. The van der Waals surface area contributed by atoms with Crippen LogP contribution >= 0.6 is 11.3 Å². The lowest BCUT2D eigenvalue weighted by atomic mass is 10.0. The van der Waals surface area contributed by atoms with Gasteiger partial charge in [-0.3, -0.25) is 9.59 Å². The molecule has 7 nitrogen and oxygen atoms in total. The summed E-state index contributed by atoms with van der Waals surface area (Å²) in [5.74, 6) is -0.535. The van der Waals surface area contributed by atoms with Crippen LogP contribution in [0.1, 0.15) is 36.2 Å². The molecular weight excluding hydrogens is 424 g/mol. The Morgan fingerprint density at radius 1 is 1.20 bits per heavy atom. The predicted octanol–water partition coefficient (Wildman–Crippen LogP) is 3.22. The average molecular weight is 447 g/mol. The van der Waals surface area contributed by atoms with Gasteiger partial charge in [-0.05, 0) is 42.8 Å². The van der Waals surface area contributed by atoms with Crippen molar-refractivity contribution < 1.29 is 17.6 Å². The van der Waals surface area contributed by atoms with Gasteiger partial charge in [-0.1, -0.05) is 24.6 Å². The Hall–Kier alpha value is -2.49. The molecular formula is C21H22N2O5S2. The molecule has 2 aromatic heterocycles. The van der Waals surface area contributed by atoms with Crippen LogP contribution < -0.4 is 10.7 Å². The van der Waals surface area contributed by atoms with E-state index in [0.717, 1.165) is 19.3 Å². The van der Waals surface area contributed by atoms with Gasteiger partial charge in [0.2, 0.25) is 0 Å². The Balaban J connectivity index is 1.43.